The van der Waals surface area contributed by atoms with Crippen LogP contribution >= 0.6 is 34.2 Å². The van der Waals surface area contributed by atoms with Crippen molar-refractivity contribution < 1.29 is 9.72 Å². The average Bonchev–Trinajstić information content (AvgIpc) is 2.62. The third kappa shape index (κ3) is 4.04. The Morgan fingerprint density at radius 3 is 2.32 bits per heavy atom. The molecule has 0 N–H and O–H groups in total. The fourth-order valence-electron chi connectivity index (χ4n) is 2.84. The number of nitro benzene ring substituents is 1. The zero-order valence-electron chi connectivity index (χ0n) is 13.2. The number of anilines is 1. The Kier molecular flexibility index (Phi) is 5.43. The average molecular weight is 472 g/mol. The number of amides is 1. The standard InChI is InChI=1S/C17H15ClIN3O3/c18-13-3-6-15(16(11-13)22(24)25)20-7-9-21(10-8-20)17(23)12-1-4-14(19)5-2-12/h1-6,11H,7-10H2. The summed E-state index contributed by atoms with van der Waals surface area (Å²) in [4.78, 5) is 27.1. The van der Waals surface area contributed by atoms with Gasteiger partial charge in [0.25, 0.3) is 11.6 Å². The van der Waals surface area contributed by atoms with Gasteiger partial charge in [0.2, 0.25) is 0 Å². The number of nitrogens with zero attached hydrogens (tertiary/aromatic N) is 3. The van der Waals surface area contributed by atoms with Gasteiger partial charge in [-0.2, -0.15) is 0 Å². The van der Waals surface area contributed by atoms with Crippen molar-refractivity contribution in [2.75, 3.05) is 31.1 Å². The number of hydrogen-bond acceptors (Lipinski definition) is 4. The molecular weight excluding hydrogens is 457 g/mol. The first-order valence-electron chi connectivity index (χ1n) is 7.69. The van der Waals surface area contributed by atoms with Crippen LogP contribution in [0.15, 0.2) is 42.5 Å². The Morgan fingerprint density at radius 1 is 1.08 bits per heavy atom. The Labute approximate surface area is 163 Å². The lowest BCUT2D eigenvalue weighted by molar-refractivity contribution is -0.384. The molecule has 1 saturated heterocycles. The molecule has 8 heteroatoms. The smallest absolute Gasteiger partial charge is 0.294 e. The number of nitro groups is 1. The van der Waals surface area contributed by atoms with E-state index in [9.17, 15) is 14.9 Å². The maximum atomic E-state index is 12.6. The molecule has 1 aliphatic rings. The monoisotopic (exact) mass is 471 g/mol. The summed E-state index contributed by atoms with van der Waals surface area (Å²) < 4.78 is 1.08. The molecule has 1 fully saturated rings. The van der Waals surface area contributed by atoms with E-state index in [4.69, 9.17) is 11.6 Å². The SMILES string of the molecule is O=C(c1ccc(I)cc1)N1CCN(c2ccc(Cl)cc2[N+](=O)[O-])CC1. The summed E-state index contributed by atoms with van der Waals surface area (Å²) in [6.45, 7) is 2.12. The minimum Gasteiger partial charge on any atom is -0.362 e. The van der Waals surface area contributed by atoms with Crippen molar-refractivity contribution in [3.8, 4) is 0 Å². The van der Waals surface area contributed by atoms with E-state index in [0.29, 0.717) is 42.5 Å². The zero-order valence-corrected chi connectivity index (χ0v) is 16.1. The largest absolute Gasteiger partial charge is 0.362 e. The number of piperazine rings is 1. The Balaban J connectivity index is 1.71. The molecule has 1 amide bonds. The second-order valence-corrected chi connectivity index (χ2v) is 7.36. The van der Waals surface area contributed by atoms with Crippen molar-refractivity contribution in [2.45, 2.75) is 0 Å². The van der Waals surface area contributed by atoms with E-state index >= 15 is 0 Å². The fourth-order valence-corrected chi connectivity index (χ4v) is 3.36. The van der Waals surface area contributed by atoms with Gasteiger partial charge in [0.1, 0.15) is 5.69 Å². The van der Waals surface area contributed by atoms with Crippen molar-refractivity contribution in [3.63, 3.8) is 0 Å². The predicted molar refractivity (Wildman–Crippen MR) is 105 cm³/mol. The topological polar surface area (TPSA) is 66.7 Å². The molecule has 0 saturated carbocycles. The van der Waals surface area contributed by atoms with Gasteiger partial charge in [-0.1, -0.05) is 11.6 Å². The van der Waals surface area contributed by atoms with Crippen molar-refractivity contribution in [3.05, 3.63) is 66.7 Å². The molecule has 1 aliphatic heterocycles. The van der Waals surface area contributed by atoms with Crippen LogP contribution in [0.3, 0.4) is 0 Å². The molecule has 0 aliphatic carbocycles. The molecule has 0 spiro atoms. The molecule has 6 nitrogen and oxygen atoms in total. The number of benzene rings is 2. The number of hydrogen-bond donors (Lipinski definition) is 0. The van der Waals surface area contributed by atoms with E-state index in [1.54, 1.807) is 17.0 Å². The molecule has 2 aromatic carbocycles. The molecule has 0 bridgehead atoms. The van der Waals surface area contributed by atoms with Gasteiger partial charge >= 0.3 is 0 Å². The van der Waals surface area contributed by atoms with Gasteiger partial charge in [0.15, 0.2) is 0 Å². The first kappa shape index (κ1) is 17.9. The van der Waals surface area contributed by atoms with E-state index in [1.807, 2.05) is 29.2 Å². The lowest BCUT2D eigenvalue weighted by Gasteiger charge is -2.35. The quantitative estimate of drug-likeness (QED) is 0.388. The Bertz CT molecular complexity index is 805. The van der Waals surface area contributed by atoms with Crippen molar-refractivity contribution >= 4 is 51.5 Å². The number of carbonyl (C=O) groups is 1. The van der Waals surface area contributed by atoms with Crippen LogP contribution in [-0.2, 0) is 0 Å². The summed E-state index contributed by atoms with van der Waals surface area (Å²) in [7, 11) is 0. The molecule has 0 atom stereocenters. The molecule has 2 aromatic rings. The number of rotatable bonds is 3. The minimum absolute atomic E-state index is 0.00934. The Hall–Kier alpha value is -1.87. The van der Waals surface area contributed by atoms with Crippen LogP contribution in [-0.4, -0.2) is 41.9 Å². The van der Waals surface area contributed by atoms with E-state index in [2.05, 4.69) is 22.6 Å². The highest BCUT2D eigenvalue weighted by atomic mass is 127. The van der Waals surface area contributed by atoms with Crippen LogP contribution in [0.4, 0.5) is 11.4 Å². The van der Waals surface area contributed by atoms with Crippen LogP contribution < -0.4 is 4.90 Å². The second kappa shape index (κ2) is 7.57. The normalized spacial score (nSPS) is 14.5. The van der Waals surface area contributed by atoms with Gasteiger partial charge in [-0.3, -0.25) is 14.9 Å². The van der Waals surface area contributed by atoms with Gasteiger partial charge in [-0.15, -0.1) is 0 Å². The van der Waals surface area contributed by atoms with Crippen molar-refractivity contribution in [1.29, 1.82) is 0 Å². The van der Waals surface area contributed by atoms with E-state index < -0.39 is 4.92 Å². The maximum Gasteiger partial charge on any atom is 0.294 e. The molecule has 0 radical (unpaired) electrons. The van der Waals surface area contributed by atoms with Gasteiger partial charge < -0.3 is 9.80 Å². The molecule has 0 aromatic heterocycles. The van der Waals surface area contributed by atoms with Gasteiger partial charge in [-0.05, 0) is 59.0 Å². The van der Waals surface area contributed by atoms with Crippen LogP contribution in [0.2, 0.25) is 5.02 Å². The van der Waals surface area contributed by atoms with E-state index in [0.717, 1.165) is 3.57 Å². The highest BCUT2D eigenvalue weighted by Crippen LogP contribution is 2.31. The van der Waals surface area contributed by atoms with Crippen LogP contribution in [0.5, 0.6) is 0 Å². The summed E-state index contributed by atoms with van der Waals surface area (Å²) >= 11 is 8.07. The van der Waals surface area contributed by atoms with Crippen molar-refractivity contribution in [1.82, 2.24) is 4.90 Å². The molecular formula is C17H15ClIN3O3. The first-order valence-corrected chi connectivity index (χ1v) is 9.15. The Morgan fingerprint density at radius 2 is 1.72 bits per heavy atom. The second-order valence-electron chi connectivity index (χ2n) is 5.68. The summed E-state index contributed by atoms with van der Waals surface area (Å²) in [6.07, 6.45) is 0. The lowest BCUT2D eigenvalue weighted by atomic mass is 10.1. The summed E-state index contributed by atoms with van der Waals surface area (Å²) in [5, 5.41) is 11.6. The van der Waals surface area contributed by atoms with Crippen LogP contribution in [0.1, 0.15) is 10.4 Å². The summed E-state index contributed by atoms with van der Waals surface area (Å²) in [6, 6.07) is 12.1. The fraction of sp³-hybridized carbons (Fsp3) is 0.235. The summed E-state index contributed by atoms with van der Waals surface area (Å²) in [5.74, 6) is -0.0124. The van der Waals surface area contributed by atoms with E-state index in [-0.39, 0.29) is 11.6 Å². The molecule has 3 rings (SSSR count). The molecule has 0 unspecified atom stereocenters. The van der Waals surface area contributed by atoms with Crippen LogP contribution in [0, 0.1) is 13.7 Å². The highest BCUT2D eigenvalue weighted by Gasteiger charge is 2.26. The third-order valence-electron chi connectivity index (χ3n) is 4.13. The van der Waals surface area contributed by atoms with Gasteiger partial charge in [-0.25, -0.2) is 0 Å². The maximum absolute atomic E-state index is 12.6. The zero-order chi connectivity index (χ0) is 18.0. The predicted octanol–water partition coefficient (Wildman–Crippen LogP) is 3.82. The van der Waals surface area contributed by atoms with E-state index in [1.165, 1.54) is 6.07 Å². The van der Waals surface area contributed by atoms with Gasteiger partial charge in [0, 0.05) is 46.4 Å². The van der Waals surface area contributed by atoms with Crippen molar-refractivity contribution in [2.24, 2.45) is 0 Å². The molecule has 25 heavy (non-hydrogen) atoms. The summed E-state index contributed by atoms with van der Waals surface area (Å²) in [5.41, 5.74) is 1.19. The molecule has 130 valence electrons. The first-order chi connectivity index (χ1) is 12.0. The van der Waals surface area contributed by atoms with Gasteiger partial charge in [0.05, 0.1) is 4.92 Å². The highest BCUT2D eigenvalue weighted by molar-refractivity contribution is 14.1. The molecule has 1 heterocycles. The minimum atomic E-state index is -0.426. The van der Waals surface area contributed by atoms with Crippen LogP contribution in [0.25, 0.3) is 0 Å². The third-order valence-corrected chi connectivity index (χ3v) is 5.09. The number of halogens is 2. The lowest BCUT2D eigenvalue weighted by Crippen LogP contribution is -2.49. The number of carbonyl (C=O) groups excluding carboxylic acids is 1.